The zero-order valence-corrected chi connectivity index (χ0v) is 12.7. The molecule has 1 aromatic heterocycles. The van der Waals surface area contributed by atoms with Crippen LogP contribution < -0.4 is 15.6 Å². The standard InChI is InChI=1S/C16H16N4O3/c1-11(23-14-8-4-3-6-12(14)10-17)15(21)18-19-16(22)13-7-5-9-20(13)2/h3-9,11H,1-2H3,(H,18,21)(H,19,22). The van der Waals surface area contributed by atoms with Crippen LogP contribution >= 0.6 is 0 Å². The van der Waals surface area contributed by atoms with Crippen LogP contribution in [0.4, 0.5) is 0 Å². The summed E-state index contributed by atoms with van der Waals surface area (Å²) < 4.78 is 7.08. The molecule has 2 amide bonds. The number of hydrogen-bond donors (Lipinski definition) is 2. The smallest absolute Gasteiger partial charge is 0.286 e. The lowest BCUT2D eigenvalue weighted by atomic mass is 10.2. The van der Waals surface area contributed by atoms with Crippen molar-refractivity contribution >= 4 is 11.8 Å². The van der Waals surface area contributed by atoms with Gasteiger partial charge in [0.15, 0.2) is 6.10 Å². The lowest BCUT2D eigenvalue weighted by Crippen LogP contribution is -2.47. The van der Waals surface area contributed by atoms with Crippen LogP contribution in [0.15, 0.2) is 42.6 Å². The fourth-order valence-corrected chi connectivity index (χ4v) is 1.89. The maximum Gasteiger partial charge on any atom is 0.286 e. The van der Waals surface area contributed by atoms with Crippen molar-refractivity contribution in [2.75, 3.05) is 0 Å². The van der Waals surface area contributed by atoms with E-state index >= 15 is 0 Å². The summed E-state index contributed by atoms with van der Waals surface area (Å²) in [5, 5.41) is 8.99. The largest absolute Gasteiger partial charge is 0.479 e. The van der Waals surface area contributed by atoms with E-state index in [0.29, 0.717) is 17.0 Å². The lowest BCUT2D eigenvalue weighted by molar-refractivity contribution is -0.128. The number of aromatic nitrogens is 1. The molecule has 0 radical (unpaired) electrons. The molecule has 0 aliphatic heterocycles. The van der Waals surface area contributed by atoms with Gasteiger partial charge in [-0.1, -0.05) is 12.1 Å². The van der Waals surface area contributed by atoms with E-state index in [1.165, 1.54) is 6.92 Å². The Morgan fingerprint density at radius 3 is 2.61 bits per heavy atom. The van der Waals surface area contributed by atoms with E-state index in [1.54, 1.807) is 54.2 Å². The molecule has 2 aromatic rings. The number of amides is 2. The van der Waals surface area contributed by atoms with Gasteiger partial charge in [0.25, 0.3) is 11.8 Å². The molecule has 0 aliphatic rings. The third-order valence-electron chi connectivity index (χ3n) is 3.16. The van der Waals surface area contributed by atoms with Gasteiger partial charge in [0.2, 0.25) is 0 Å². The van der Waals surface area contributed by atoms with Gasteiger partial charge in [-0.15, -0.1) is 0 Å². The van der Waals surface area contributed by atoms with Crippen molar-refractivity contribution in [1.82, 2.24) is 15.4 Å². The van der Waals surface area contributed by atoms with E-state index < -0.39 is 17.9 Å². The molecule has 118 valence electrons. The molecular formula is C16H16N4O3. The van der Waals surface area contributed by atoms with Crippen LogP contribution in [-0.2, 0) is 11.8 Å². The summed E-state index contributed by atoms with van der Waals surface area (Å²) in [6, 6.07) is 11.9. The van der Waals surface area contributed by atoms with Crippen LogP contribution in [0.1, 0.15) is 23.0 Å². The number of benzene rings is 1. The fourth-order valence-electron chi connectivity index (χ4n) is 1.89. The number of ether oxygens (including phenoxy) is 1. The molecule has 0 saturated carbocycles. The molecule has 1 heterocycles. The molecule has 0 aliphatic carbocycles. The first-order chi connectivity index (χ1) is 11.0. The Hall–Kier alpha value is -3.27. The van der Waals surface area contributed by atoms with Crippen LogP contribution in [-0.4, -0.2) is 22.5 Å². The van der Waals surface area contributed by atoms with Crippen molar-refractivity contribution in [2.24, 2.45) is 7.05 Å². The molecule has 2 N–H and O–H groups in total. The highest BCUT2D eigenvalue weighted by Crippen LogP contribution is 2.17. The summed E-state index contributed by atoms with van der Waals surface area (Å²) in [7, 11) is 1.72. The Morgan fingerprint density at radius 2 is 1.96 bits per heavy atom. The zero-order valence-electron chi connectivity index (χ0n) is 12.7. The lowest BCUT2D eigenvalue weighted by Gasteiger charge is -2.16. The van der Waals surface area contributed by atoms with Gasteiger partial charge >= 0.3 is 0 Å². The summed E-state index contributed by atoms with van der Waals surface area (Å²) in [5.41, 5.74) is 5.36. The minimum absolute atomic E-state index is 0.311. The Kier molecular flexibility index (Phi) is 5.00. The highest BCUT2D eigenvalue weighted by atomic mass is 16.5. The van der Waals surface area contributed by atoms with Gasteiger partial charge in [-0.2, -0.15) is 5.26 Å². The van der Waals surface area contributed by atoms with Crippen molar-refractivity contribution in [1.29, 1.82) is 5.26 Å². The maximum absolute atomic E-state index is 12.0. The molecule has 1 atom stereocenters. The summed E-state index contributed by atoms with van der Waals surface area (Å²) >= 11 is 0. The van der Waals surface area contributed by atoms with Gasteiger partial charge in [0.05, 0.1) is 5.56 Å². The summed E-state index contributed by atoms with van der Waals surface area (Å²) in [6.07, 6.45) is 0.847. The summed E-state index contributed by atoms with van der Waals surface area (Å²) in [4.78, 5) is 23.8. The molecular weight excluding hydrogens is 296 g/mol. The third kappa shape index (κ3) is 3.89. The first kappa shape index (κ1) is 16.1. The predicted octanol–water partition coefficient (Wildman–Crippen LogP) is 1.13. The fraction of sp³-hybridized carbons (Fsp3) is 0.188. The second-order valence-electron chi connectivity index (χ2n) is 4.82. The van der Waals surface area contributed by atoms with Crippen molar-refractivity contribution in [3.63, 3.8) is 0 Å². The number of carbonyl (C=O) groups is 2. The molecule has 23 heavy (non-hydrogen) atoms. The predicted molar refractivity (Wildman–Crippen MR) is 82.3 cm³/mol. The SMILES string of the molecule is CC(Oc1ccccc1C#N)C(=O)NNC(=O)c1cccn1C. The van der Waals surface area contributed by atoms with E-state index in [2.05, 4.69) is 10.9 Å². The molecule has 0 saturated heterocycles. The topological polar surface area (TPSA) is 96.2 Å². The van der Waals surface area contributed by atoms with Crippen molar-refractivity contribution in [2.45, 2.75) is 13.0 Å². The summed E-state index contributed by atoms with van der Waals surface area (Å²) in [6.45, 7) is 1.53. The minimum atomic E-state index is -0.877. The van der Waals surface area contributed by atoms with Crippen molar-refractivity contribution < 1.29 is 14.3 Å². The van der Waals surface area contributed by atoms with Crippen LogP contribution in [0.25, 0.3) is 0 Å². The average Bonchev–Trinajstić information content (AvgIpc) is 2.98. The Morgan fingerprint density at radius 1 is 1.22 bits per heavy atom. The normalized spacial score (nSPS) is 11.2. The molecule has 7 nitrogen and oxygen atoms in total. The first-order valence-electron chi connectivity index (χ1n) is 6.90. The second kappa shape index (κ2) is 7.13. The molecule has 0 spiro atoms. The molecule has 1 aromatic carbocycles. The van der Waals surface area contributed by atoms with Crippen LogP contribution in [0.3, 0.4) is 0 Å². The van der Waals surface area contributed by atoms with Crippen molar-refractivity contribution in [3.8, 4) is 11.8 Å². The number of carbonyl (C=O) groups excluding carboxylic acids is 2. The number of hydrogen-bond acceptors (Lipinski definition) is 4. The number of rotatable bonds is 4. The summed E-state index contributed by atoms with van der Waals surface area (Å²) in [5.74, 6) is -0.651. The molecule has 0 bridgehead atoms. The number of aryl methyl sites for hydroxylation is 1. The molecule has 1 unspecified atom stereocenters. The van der Waals surface area contributed by atoms with Gasteiger partial charge in [0.1, 0.15) is 17.5 Å². The van der Waals surface area contributed by atoms with E-state index in [0.717, 1.165) is 0 Å². The monoisotopic (exact) mass is 312 g/mol. The van der Waals surface area contributed by atoms with Gasteiger partial charge in [-0.05, 0) is 31.2 Å². The number of hydrazine groups is 1. The Bertz CT molecular complexity index is 761. The Labute approximate surface area is 133 Å². The molecule has 2 rings (SSSR count). The van der Waals surface area contributed by atoms with Gasteiger partial charge < -0.3 is 9.30 Å². The average molecular weight is 312 g/mol. The van der Waals surface area contributed by atoms with Gasteiger partial charge in [0, 0.05) is 13.2 Å². The van der Waals surface area contributed by atoms with E-state index in [9.17, 15) is 9.59 Å². The third-order valence-corrected chi connectivity index (χ3v) is 3.16. The van der Waals surface area contributed by atoms with Crippen LogP contribution in [0.2, 0.25) is 0 Å². The van der Waals surface area contributed by atoms with Gasteiger partial charge in [-0.3, -0.25) is 20.4 Å². The highest BCUT2D eigenvalue weighted by molar-refractivity contribution is 5.94. The number of para-hydroxylation sites is 1. The molecule has 7 heteroatoms. The van der Waals surface area contributed by atoms with Crippen LogP contribution in [0, 0.1) is 11.3 Å². The number of nitrogens with one attached hydrogen (secondary N) is 2. The number of nitriles is 1. The minimum Gasteiger partial charge on any atom is -0.479 e. The van der Waals surface area contributed by atoms with Crippen LogP contribution in [0.5, 0.6) is 5.75 Å². The zero-order chi connectivity index (χ0) is 16.8. The maximum atomic E-state index is 12.0. The van der Waals surface area contributed by atoms with Gasteiger partial charge in [-0.25, -0.2) is 0 Å². The quantitative estimate of drug-likeness (QED) is 0.827. The van der Waals surface area contributed by atoms with E-state index in [1.807, 2.05) is 6.07 Å². The van der Waals surface area contributed by atoms with E-state index in [4.69, 9.17) is 10.00 Å². The number of nitrogens with zero attached hydrogens (tertiary/aromatic N) is 2. The second-order valence-corrected chi connectivity index (χ2v) is 4.82. The molecule has 0 fully saturated rings. The Balaban J connectivity index is 1.92. The highest BCUT2D eigenvalue weighted by Gasteiger charge is 2.17. The van der Waals surface area contributed by atoms with Crippen molar-refractivity contribution in [3.05, 3.63) is 53.9 Å². The van der Waals surface area contributed by atoms with E-state index in [-0.39, 0.29) is 0 Å². The first-order valence-corrected chi connectivity index (χ1v) is 6.90.